The van der Waals surface area contributed by atoms with Gasteiger partial charge in [-0.15, -0.1) is 0 Å². The minimum Gasteiger partial charge on any atom is -0.441 e. The molecular formula is C13H12F4N2O. The molecule has 0 radical (unpaired) electrons. The van der Waals surface area contributed by atoms with Crippen LogP contribution in [-0.2, 0) is 12.6 Å². The number of aromatic nitrogens is 1. The molecule has 2 aromatic rings. The third-order valence-corrected chi connectivity index (χ3v) is 2.72. The molecule has 20 heavy (non-hydrogen) atoms. The number of oxazole rings is 1. The zero-order chi connectivity index (χ0) is 14.8. The average molecular weight is 288 g/mol. The van der Waals surface area contributed by atoms with Crippen molar-refractivity contribution in [3.63, 3.8) is 0 Å². The highest BCUT2D eigenvalue weighted by molar-refractivity contribution is 5.59. The summed E-state index contributed by atoms with van der Waals surface area (Å²) in [5, 5.41) is 0. The normalized spacial score (nSPS) is 11.8. The molecule has 0 saturated carbocycles. The zero-order valence-corrected chi connectivity index (χ0v) is 10.4. The topological polar surface area (TPSA) is 52.0 Å². The number of aryl methyl sites for hydroxylation is 1. The van der Waals surface area contributed by atoms with Crippen LogP contribution in [-0.4, -0.2) is 11.5 Å². The van der Waals surface area contributed by atoms with Gasteiger partial charge in [-0.1, -0.05) is 6.07 Å². The standard InChI is InChI=1S/C13H12F4N2O/c14-12-8(3-1-4-9(12)13(15,16)17)10-7-19-11(20-10)5-2-6-18/h1,3-4,7H,2,5-6,18H2. The fraction of sp³-hybridized carbons (Fsp3) is 0.308. The lowest BCUT2D eigenvalue weighted by Crippen LogP contribution is -2.08. The molecule has 108 valence electrons. The first-order valence-electron chi connectivity index (χ1n) is 5.94. The van der Waals surface area contributed by atoms with E-state index in [1.54, 1.807) is 0 Å². The van der Waals surface area contributed by atoms with Crippen molar-refractivity contribution >= 4 is 0 Å². The summed E-state index contributed by atoms with van der Waals surface area (Å²) < 4.78 is 57.0. The second-order valence-corrected chi connectivity index (χ2v) is 4.18. The van der Waals surface area contributed by atoms with Crippen molar-refractivity contribution in [1.29, 1.82) is 0 Å². The number of halogens is 4. The minimum absolute atomic E-state index is 0.0272. The first kappa shape index (κ1) is 14.5. The van der Waals surface area contributed by atoms with Gasteiger partial charge < -0.3 is 10.2 Å². The van der Waals surface area contributed by atoms with Crippen molar-refractivity contribution in [3.05, 3.63) is 41.7 Å². The molecule has 2 N–H and O–H groups in total. The molecule has 7 heteroatoms. The second-order valence-electron chi connectivity index (χ2n) is 4.18. The van der Waals surface area contributed by atoms with Gasteiger partial charge in [0.15, 0.2) is 11.7 Å². The van der Waals surface area contributed by atoms with Gasteiger partial charge in [0.1, 0.15) is 5.82 Å². The Hall–Kier alpha value is -1.89. The molecule has 0 atom stereocenters. The molecule has 0 spiro atoms. The average Bonchev–Trinajstić information content (AvgIpc) is 2.83. The van der Waals surface area contributed by atoms with E-state index in [1.165, 1.54) is 12.3 Å². The molecule has 2 rings (SSSR count). The van der Waals surface area contributed by atoms with E-state index >= 15 is 0 Å². The van der Waals surface area contributed by atoms with Crippen LogP contribution in [0.2, 0.25) is 0 Å². The first-order chi connectivity index (χ1) is 9.43. The summed E-state index contributed by atoms with van der Waals surface area (Å²) in [6.07, 6.45) is -2.45. The predicted molar refractivity (Wildman–Crippen MR) is 64.3 cm³/mol. The Balaban J connectivity index is 2.36. The van der Waals surface area contributed by atoms with Gasteiger partial charge in [-0.05, 0) is 25.1 Å². The molecule has 0 amide bonds. The maximum Gasteiger partial charge on any atom is 0.419 e. The van der Waals surface area contributed by atoms with Crippen LogP contribution >= 0.6 is 0 Å². The summed E-state index contributed by atoms with van der Waals surface area (Å²) in [6, 6.07) is 3.03. The van der Waals surface area contributed by atoms with Crippen molar-refractivity contribution in [3.8, 4) is 11.3 Å². The maximum atomic E-state index is 13.9. The van der Waals surface area contributed by atoms with Crippen molar-refractivity contribution in [2.24, 2.45) is 5.73 Å². The fourth-order valence-electron chi connectivity index (χ4n) is 1.74. The van der Waals surface area contributed by atoms with E-state index in [-0.39, 0.29) is 11.3 Å². The van der Waals surface area contributed by atoms with E-state index < -0.39 is 17.6 Å². The third-order valence-electron chi connectivity index (χ3n) is 2.72. The Morgan fingerprint density at radius 3 is 2.65 bits per heavy atom. The Labute approximate surface area is 112 Å². The molecule has 0 aliphatic rings. The van der Waals surface area contributed by atoms with Gasteiger partial charge in [0.05, 0.1) is 17.3 Å². The van der Waals surface area contributed by atoms with Gasteiger partial charge in [-0.25, -0.2) is 9.37 Å². The third kappa shape index (κ3) is 2.98. The summed E-state index contributed by atoms with van der Waals surface area (Å²) in [5.74, 6) is -1.07. The number of benzene rings is 1. The lowest BCUT2D eigenvalue weighted by atomic mass is 10.1. The van der Waals surface area contributed by atoms with Gasteiger partial charge in [0.2, 0.25) is 0 Å². The van der Waals surface area contributed by atoms with Gasteiger partial charge >= 0.3 is 6.18 Å². The SMILES string of the molecule is NCCCc1ncc(-c2cccc(C(F)(F)F)c2F)o1. The number of nitrogens with two attached hydrogens (primary N) is 1. The molecule has 1 heterocycles. The van der Waals surface area contributed by atoms with E-state index in [9.17, 15) is 17.6 Å². The van der Waals surface area contributed by atoms with E-state index in [1.807, 2.05) is 0 Å². The number of hydrogen-bond acceptors (Lipinski definition) is 3. The lowest BCUT2D eigenvalue weighted by Gasteiger charge is -2.09. The molecule has 0 unspecified atom stereocenters. The maximum absolute atomic E-state index is 13.9. The van der Waals surface area contributed by atoms with Crippen LogP contribution in [0.1, 0.15) is 17.9 Å². The summed E-state index contributed by atoms with van der Waals surface area (Å²) in [4.78, 5) is 3.89. The molecule has 0 fully saturated rings. The Kier molecular flexibility index (Phi) is 4.08. The van der Waals surface area contributed by atoms with Crippen molar-refractivity contribution in [2.45, 2.75) is 19.0 Å². The highest BCUT2D eigenvalue weighted by Gasteiger charge is 2.35. The summed E-state index contributed by atoms with van der Waals surface area (Å²) in [6.45, 7) is 0.440. The largest absolute Gasteiger partial charge is 0.441 e. The number of rotatable bonds is 4. The van der Waals surface area contributed by atoms with Gasteiger partial charge in [-0.2, -0.15) is 13.2 Å². The molecular weight excluding hydrogens is 276 g/mol. The molecule has 0 bridgehead atoms. The Bertz CT molecular complexity index is 592. The number of alkyl halides is 3. The number of hydrogen-bond donors (Lipinski definition) is 1. The van der Waals surface area contributed by atoms with Crippen LogP contribution in [0.3, 0.4) is 0 Å². The van der Waals surface area contributed by atoms with Crippen molar-refractivity contribution < 1.29 is 22.0 Å². The van der Waals surface area contributed by atoms with Crippen molar-refractivity contribution in [1.82, 2.24) is 4.98 Å². The Morgan fingerprint density at radius 1 is 1.25 bits per heavy atom. The van der Waals surface area contributed by atoms with Crippen LogP contribution in [0.5, 0.6) is 0 Å². The highest BCUT2D eigenvalue weighted by atomic mass is 19.4. The molecule has 0 saturated heterocycles. The Morgan fingerprint density at radius 2 is 2.00 bits per heavy atom. The van der Waals surface area contributed by atoms with E-state index in [2.05, 4.69) is 4.98 Å². The fourth-order valence-corrected chi connectivity index (χ4v) is 1.74. The molecule has 1 aromatic heterocycles. The summed E-state index contributed by atoms with van der Waals surface area (Å²) >= 11 is 0. The van der Waals surface area contributed by atoms with Gasteiger partial charge in [0.25, 0.3) is 0 Å². The first-order valence-corrected chi connectivity index (χ1v) is 5.94. The second kappa shape index (κ2) is 5.62. The smallest absolute Gasteiger partial charge is 0.419 e. The van der Waals surface area contributed by atoms with Crippen molar-refractivity contribution in [2.75, 3.05) is 6.54 Å². The van der Waals surface area contributed by atoms with E-state index in [4.69, 9.17) is 10.2 Å². The van der Waals surface area contributed by atoms with Crippen LogP contribution in [0.4, 0.5) is 17.6 Å². The predicted octanol–water partition coefficient (Wildman–Crippen LogP) is 3.39. The molecule has 3 nitrogen and oxygen atoms in total. The lowest BCUT2D eigenvalue weighted by molar-refractivity contribution is -0.139. The highest BCUT2D eigenvalue weighted by Crippen LogP contribution is 2.35. The number of nitrogens with zero attached hydrogens (tertiary/aromatic N) is 1. The molecule has 1 aromatic carbocycles. The van der Waals surface area contributed by atoms with Crippen LogP contribution in [0, 0.1) is 5.82 Å². The zero-order valence-electron chi connectivity index (χ0n) is 10.4. The summed E-state index contributed by atoms with van der Waals surface area (Å²) in [5.41, 5.74) is 3.75. The van der Waals surface area contributed by atoms with E-state index in [0.29, 0.717) is 31.3 Å². The summed E-state index contributed by atoms with van der Waals surface area (Å²) in [7, 11) is 0. The van der Waals surface area contributed by atoms with Gasteiger partial charge in [-0.3, -0.25) is 0 Å². The van der Waals surface area contributed by atoms with Gasteiger partial charge in [0, 0.05) is 6.42 Å². The van der Waals surface area contributed by atoms with E-state index in [0.717, 1.165) is 6.07 Å². The monoisotopic (exact) mass is 288 g/mol. The van der Waals surface area contributed by atoms with Crippen LogP contribution in [0.15, 0.2) is 28.8 Å². The minimum atomic E-state index is -4.75. The molecule has 0 aliphatic carbocycles. The van der Waals surface area contributed by atoms with Crippen LogP contribution < -0.4 is 5.73 Å². The molecule has 0 aliphatic heterocycles. The quantitative estimate of drug-likeness (QED) is 0.877. The van der Waals surface area contributed by atoms with Crippen LogP contribution in [0.25, 0.3) is 11.3 Å².